The molecule has 0 aromatic carbocycles. The van der Waals surface area contributed by atoms with Gasteiger partial charge >= 0.3 is 0 Å². The number of nitrogens with zero attached hydrogens (tertiary/aromatic N) is 4. The molecule has 8 nitrogen and oxygen atoms in total. The first-order chi connectivity index (χ1) is 10.8. The fraction of sp³-hybridized carbons (Fsp3) is 0.467. The molecule has 23 heavy (non-hydrogen) atoms. The Morgan fingerprint density at radius 1 is 1.35 bits per heavy atom. The molecular formula is C15H19N5O3. The third kappa shape index (κ3) is 2.65. The van der Waals surface area contributed by atoms with Crippen molar-refractivity contribution in [1.29, 1.82) is 0 Å². The van der Waals surface area contributed by atoms with Gasteiger partial charge in [-0.1, -0.05) is 0 Å². The van der Waals surface area contributed by atoms with Crippen LogP contribution in [0.4, 0.5) is 0 Å². The van der Waals surface area contributed by atoms with E-state index in [0.29, 0.717) is 17.9 Å². The molecule has 3 heterocycles. The van der Waals surface area contributed by atoms with E-state index >= 15 is 0 Å². The van der Waals surface area contributed by atoms with Crippen molar-refractivity contribution >= 4 is 17.5 Å². The molecule has 2 N–H and O–H groups in total. The summed E-state index contributed by atoms with van der Waals surface area (Å²) in [4.78, 5) is 30.1. The lowest BCUT2D eigenvalue weighted by molar-refractivity contribution is -0.150. The summed E-state index contributed by atoms with van der Waals surface area (Å²) < 4.78 is 7.06. The molecule has 0 bridgehead atoms. The maximum atomic E-state index is 12.7. The minimum Gasteiger partial charge on any atom is -0.367 e. The largest absolute Gasteiger partial charge is 0.367 e. The van der Waals surface area contributed by atoms with E-state index in [1.54, 1.807) is 17.5 Å². The summed E-state index contributed by atoms with van der Waals surface area (Å²) in [6, 6.07) is 3.55. The Hall–Kier alpha value is -2.48. The van der Waals surface area contributed by atoms with Crippen molar-refractivity contribution in [2.75, 3.05) is 19.7 Å². The van der Waals surface area contributed by atoms with E-state index in [0.717, 1.165) is 11.4 Å². The minimum atomic E-state index is -1.17. The molecule has 0 unspecified atom stereocenters. The van der Waals surface area contributed by atoms with Gasteiger partial charge in [-0.3, -0.25) is 9.59 Å². The molecule has 8 heteroatoms. The van der Waals surface area contributed by atoms with Gasteiger partial charge in [0.25, 0.3) is 11.8 Å². The lowest BCUT2D eigenvalue weighted by atomic mass is 10.0. The molecule has 1 saturated heterocycles. The van der Waals surface area contributed by atoms with Gasteiger partial charge in [0.15, 0.2) is 16.9 Å². The average Bonchev–Trinajstić information content (AvgIpc) is 2.90. The zero-order chi connectivity index (χ0) is 16.8. The Labute approximate surface area is 133 Å². The first-order valence-corrected chi connectivity index (χ1v) is 7.37. The number of carbonyl (C=O) groups is 2. The van der Waals surface area contributed by atoms with Gasteiger partial charge in [-0.25, -0.2) is 9.50 Å². The van der Waals surface area contributed by atoms with Crippen LogP contribution in [0.25, 0.3) is 5.65 Å². The summed E-state index contributed by atoms with van der Waals surface area (Å²) in [5.74, 6) is -0.846. The minimum absolute atomic E-state index is 0.112. The van der Waals surface area contributed by atoms with Crippen molar-refractivity contribution in [2.24, 2.45) is 5.73 Å². The molecule has 0 saturated carbocycles. The zero-order valence-corrected chi connectivity index (χ0v) is 13.4. The third-order valence-electron chi connectivity index (χ3n) is 4.04. The second-order valence-electron chi connectivity index (χ2n) is 6.01. The van der Waals surface area contributed by atoms with Crippen LogP contribution < -0.4 is 5.73 Å². The van der Waals surface area contributed by atoms with Crippen LogP contribution in [0.5, 0.6) is 0 Å². The molecular weight excluding hydrogens is 298 g/mol. The molecule has 1 atom stereocenters. The van der Waals surface area contributed by atoms with Crippen LogP contribution >= 0.6 is 0 Å². The number of rotatable bonds is 2. The molecule has 2 aromatic heterocycles. The van der Waals surface area contributed by atoms with Gasteiger partial charge in [0.2, 0.25) is 0 Å². The number of nitrogens with two attached hydrogens (primary N) is 1. The second kappa shape index (κ2) is 5.31. The lowest BCUT2D eigenvalue weighted by Crippen LogP contribution is -2.58. The third-order valence-corrected chi connectivity index (χ3v) is 4.04. The van der Waals surface area contributed by atoms with Crippen LogP contribution in [-0.2, 0) is 9.53 Å². The molecule has 0 aliphatic carbocycles. The number of carbonyl (C=O) groups excluding carboxylic acids is 2. The van der Waals surface area contributed by atoms with Gasteiger partial charge in [-0.05, 0) is 26.8 Å². The Bertz CT molecular complexity index is 800. The highest BCUT2D eigenvalue weighted by molar-refractivity contribution is 5.94. The lowest BCUT2D eigenvalue weighted by Gasteiger charge is -2.37. The number of morpholine rings is 1. The normalized spacial score (nSPS) is 21.6. The van der Waals surface area contributed by atoms with E-state index in [4.69, 9.17) is 10.5 Å². The smallest absolute Gasteiger partial charge is 0.274 e. The molecule has 0 radical (unpaired) electrons. The molecule has 2 amide bonds. The summed E-state index contributed by atoms with van der Waals surface area (Å²) >= 11 is 0. The van der Waals surface area contributed by atoms with Crippen molar-refractivity contribution < 1.29 is 14.3 Å². The van der Waals surface area contributed by atoms with Crippen LogP contribution in [0, 0.1) is 13.8 Å². The van der Waals surface area contributed by atoms with Gasteiger partial charge in [0.1, 0.15) is 0 Å². The van der Waals surface area contributed by atoms with E-state index in [2.05, 4.69) is 10.1 Å². The van der Waals surface area contributed by atoms with Crippen molar-refractivity contribution in [3.8, 4) is 0 Å². The maximum absolute atomic E-state index is 12.7. The standard InChI is InChI=1S/C15H19N5O3/c1-9-6-10(2)20-12(17-9)7-11(18-20)13(21)19-4-5-23-15(3,8-19)14(16)22/h6-7H,4-5,8H2,1-3H3,(H2,16,22)/t15-/m0/s1. The predicted molar refractivity (Wildman–Crippen MR) is 81.9 cm³/mol. The van der Waals surface area contributed by atoms with Gasteiger partial charge in [-0.2, -0.15) is 5.10 Å². The molecule has 1 fully saturated rings. The highest BCUT2D eigenvalue weighted by Gasteiger charge is 2.39. The maximum Gasteiger partial charge on any atom is 0.274 e. The topological polar surface area (TPSA) is 103 Å². The van der Waals surface area contributed by atoms with Crippen molar-refractivity contribution in [3.63, 3.8) is 0 Å². The van der Waals surface area contributed by atoms with Gasteiger partial charge in [0, 0.05) is 24.0 Å². The number of hydrogen-bond acceptors (Lipinski definition) is 5. The Morgan fingerprint density at radius 2 is 2.09 bits per heavy atom. The molecule has 1 aliphatic heterocycles. The number of ether oxygens (including phenoxy) is 1. The Kier molecular flexibility index (Phi) is 3.56. The molecule has 122 valence electrons. The zero-order valence-electron chi connectivity index (χ0n) is 13.4. The summed E-state index contributed by atoms with van der Waals surface area (Å²) in [6.45, 7) is 6.15. The Balaban J connectivity index is 1.91. The summed E-state index contributed by atoms with van der Waals surface area (Å²) in [6.07, 6.45) is 0. The quantitative estimate of drug-likeness (QED) is 0.844. The highest BCUT2D eigenvalue weighted by Crippen LogP contribution is 2.19. The van der Waals surface area contributed by atoms with E-state index in [-0.39, 0.29) is 19.1 Å². The monoisotopic (exact) mass is 317 g/mol. The first-order valence-electron chi connectivity index (χ1n) is 7.37. The van der Waals surface area contributed by atoms with E-state index in [1.807, 2.05) is 19.9 Å². The first kappa shape index (κ1) is 15.4. The molecule has 0 spiro atoms. The Morgan fingerprint density at radius 3 is 2.78 bits per heavy atom. The number of aromatic nitrogens is 3. The number of hydrogen-bond donors (Lipinski definition) is 1. The molecule has 2 aromatic rings. The van der Waals surface area contributed by atoms with Crippen LogP contribution in [0.2, 0.25) is 0 Å². The van der Waals surface area contributed by atoms with E-state index in [9.17, 15) is 9.59 Å². The van der Waals surface area contributed by atoms with Gasteiger partial charge in [0.05, 0.1) is 13.2 Å². The van der Waals surface area contributed by atoms with Crippen LogP contribution in [0.3, 0.4) is 0 Å². The van der Waals surface area contributed by atoms with E-state index in [1.165, 1.54) is 4.90 Å². The summed E-state index contributed by atoms with van der Waals surface area (Å²) in [5, 5.41) is 4.33. The van der Waals surface area contributed by atoms with Crippen molar-refractivity contribution in [3.05, 3.63) is 29.2 Å². The van der Waals surface area contributed by atoms with Gasteiger partial charge < -0.3 is 15.4 Å². The fourth-order valence-corrected chi connectivity index (χ4v) is 2.75. The average molecular weight is 317 g/mol. The SMILES string of the molecule is Cc1cc(C)n2nc(C(=O)N3CCO[C@](C)(C(N)=O)C3)cc2n1. The predicted octanol–water partition coefficient (Wildman–Crippen LogP) is 0.0625. The van der Waals surface area contributed by atoms with Crippen LogP contribution in [0.1, 0.15) is 28.8 Å². The number of fused-ring (bicyclic) bond motifs is 1. The number of primary amides is 1. The molecule has 1 aliphatic rings. The number of amides is 2. The van der Waals surface area contributed by atoms with Crippen LogP contribution in [-0.4, -0.2) is 56.6 Å². The van der Waals surface area contributed by atoms with E-state index < -0.39 is 11.5 Å². The summed E-state index contributed by atoms with van der Waals surface area (Å²) in [7, 11) is 0. The number of aryl methyl sites for hydroxylation is 2. The summed E-state index contributed by atoms with van der Waals surface area (Å²) in [5.41, 5.74) is 6.87. The second-order valence-corrected chi connectivity index (χ2v) is 6.01. The highest BCUT2D eigenvalue weighted by atomic mass is 16.5. The molecule has 3 rings (SSSR count). The van der Waals surface area contributed by atoms with Crippen molar-refractivity contribution in [2.45, 2.75) is 26.4 Å². The van der Waals surface area contributed by atoms with Gasteiger partial charge in [-0.15, -0.1) is 0 Å². The fourth-order valence-electron chi connectivity index (χ4n) is 2.75. The van der Waals surface area contributed by atoms with Crippen molar-refractivity contribution in [1.82, 2.24) is 19.5 Å². The van der Waals surface area contributed by atoms with Crippen LogP contribution in [0.15, 0.2) is 12.1 Å².